The molecule has 0 atom stereocenters. The number of hydrogen-bond acceptors (Lipinski definition) is 3. The molecule has 0 aliphatic rings. The van der Waals surface area contributed by atoms with Gasteiger partial charge in [-0.15, -0.1) is 0 Å². The molecule has 3 aromatic rings. The van der Waals surface area contributed by atoms with E-state index in [0.29, 0.717) is 22.8 Å². The molecule has 1 amide bonds. The maximum Gasteiger partial charge on any atom is 0.251 e. The van der Waals surface area contributed by atoms with E-state index in [1.165, 1.54) is 10.6 Å². The molecule has 0 radical (unpaired) electrons. The molecule has 0 aromatic heterocycles. The van der Waals surface area contributed by atoms with Gasteiger partial charge in [-0.3, -0.25) is 9.10 Å². The lowest BCUT2D eigenvalue weighted by atomic mass is 10.1. The zero-order valence-corrected chi connectivity index (χ0v) is 18.4. The first-order valence-electron chi connectivity index (χ1n) is 9.38. The van der Waals surface area contributed by atoms with Crippen LogP contribution in [0.5, 0.6) is 0 Å². The summed E-state index contributed by atoms with van der Waals surface area (Å²) in [5, 5.41) is 3.49. The normalized spacial score (nSPS) is 11.2. The van der Waals surface area contributed by atoms with Gasteiger partial charge in [-0.1, -0.05) is 53.6 Å². The highest BCUT2D eigenvalue weighted by Gasteiger charge is 2.18. The van der Waals surface area contributed by atoms with E-state index in [2.05, 4.69) is 5.32 Å². The third-order valence-corrected chi connectivity index (χ3v) is 6.02. The highest BCUT2D eigenvalue weighted by molar-refractivity contribution is 7.92. The second kappa shape index (κ2) is 9.32. The summed E-state index contributed by atoms with van der Waals surface area (Å²) in [5.41, 5.74) is 3.89. The molecule has 3 rings (SSSR count). The molecule has 0 aliphatic heterocycles. The van der Waals surface area contributed by atoms with Crippen molar-refractivity contribution in [3.8, 4) is 0 Å². The largest absolute Gasteiger partial charge is 0.348 e. The third-order valence-electron chi connectivity index (χ3n) is 4.63. The van der Waals surface area contributed by atoms with E-state index in [0.717, 1.165) is 16.7 Å². The molecule has 0 saturated heterocycles. The van der Waals surface area contributed by atoms with Crippen molar-refractivity contribution in [1.29, 1.82) is 0 Å². The van der Waals surface area contributed by atoms with E-state index in [9.17, 15) is 13.2 Å². The van der Waals surface area contributed by atoms with Crippen LogP contribution in [-0.2, 0) is 23.1 Å². The Morgan fingerprint density at radius 1 is 0.900 bits per heavy atom. The van der Waals surface area contributed by atoms with Crippen LogP contribution in [0.4, 0.5) is 5.69 Å². The molecule has 5 nitrogen and oxygen atoms in total. The van der Waals surface area contributed by atoms with Crippen LogP contribution >= 0.6 is 11.6 Å². The predicted molar refractivity (Wildman–Crippen MR) is 121 cm³/mol. The third kappa shape index (κ3) is 5.84. The van der Waals surface area contributed by atoms with E-state index < -0.39 is 10.0 Å². The molecule has 0 spiro atoms. The van der Waals surface area contributed by atoms with Gasteiger partial charge in [-0.05, 0) is 54.4 Å². The van der Waals surface area contributed by atoms with Crippen LogP contribution in [0.1, 0.15) is 27.0 Å². The molecule has 30 heavy (non-hydrogen) atoms. The number of halogens is 1. The molecule has 0 heterocycles. The van der Waals surface area contributed by atoms with Crippen LogP contribution in [0.3, 0.4) is 0 Å². The Hall–Kier alpha value is -2.83. The van der Waals surface area contributed by atoms with Gasteiger partial charge in [0.15, 0.2) is 0 Å². The fourth-order valence-electron chi connectivity index (χ4n) is 2.93. The number of rotatable bonds is 7. The number of sulfonamides is 1. The van der Waals surface area contributed by atoms with Crippen LogP contribution in [0, 0.1) is 6.92 Å². The Kier molecular flexibility index (Phi) is 6.80. The summed E-state index contributed by atoms with van der Waals surface area (Å²) in [7, 11) is -3.49. The van der Waals surface area contributed by atoms with Crippen molar-refractivity contribution in [1.82, 2.24) is 5.32 Å². The van der Waals surface area contributed by atoms with Crippen molar-refractivity contribution in [2.75, 3.05) is 10.6 Å². The van der Waals surface area contributed by atoms with Crippen molar-refractivity contribution in [3.63, 3.8) is 0 Å². The molecule has 0 bridgehead atoms. The average Bonchev–Trinajstić information content (AvgIpc) is 2.72. The first kappa shape index (κ1) is 21.9. The average molecular weight is 443 g/mol. The molecule has 3 aromatic carbocycles. The van der Waals surface area contributed by atoms with Gasteiger partial charge in [0.25, 0.3) is 5.91 Å². The summed E-state index contributed by atoms with van der Waals surface area (Å²) >= 11 is 5.87. The van der Waals surface area contributed by atoms with Gasteiger partial charge < -0.3 is 5.32 Å². The molecule has 1 N–H and O–H groups in total. The highest BCUT2D eigenvalue weighted by Crippen LogP contribution is 2.21. The van der Waals surface area contributed by atoms with Crippen molar-refractivity contribution in [2.24, 2.45) is 0 Å². The lowest BCUT2D eigenvalue weighted by Crippen LogP contribution is -2.29. The molecule has 0 aliphatic carbocycles. The van der Waals surface area contributed by atoms with Crippen molar-refractivity contribution < 1.29 is 13.2 Å². The van der Waals surface area contributed by atoms with Crippen LogP contribution in [0.2, 0.25) is 5.02 Å². The van der Waals surface area contributed by atoms with E-state index in [1.807, 2.05) is 43.3 Å². The number of anilines is 1. The summed E-state index contributed by atoms with van der Waals surface area (Å²) in [5.74, 6) is -0.235. The minimum atomic E-state index is -3.49. The monoisotopic (exact) mass is 442 g/mol. The number of carbonyl (C=O) groups excluding carboxylic acids is 1. The van der Waals surface area contributed by atoms with Crippen molar-refractivity contribution in [2.45, 2.75) is 20.0 Å². The first-order valence-corrected chi connectivity index (χ1v) is 11.6. The Labute approximate surface area is 182 Å². The Balaban J connectivity index is 1.71. The number of hydrogen-bond donors (Lipinski definition) is 1. The van der Waals surface area contributed by atoms with Gasteiger partial charge in [0, 0.05) is 17.1 Å². The van der Waals surface area contributed by atoms with Crippen LogP contribution in [-0.4, -0.2) is 20.6 Å². The summed E-state index contributed by atoms with van der Waals surface area (Å²) in [6, 6.07) is 21.5. The predicted octanol–water partition coefficient (Wildman–Crippen LogP) is 4.54. The van der Waals surface area contributed by atoms with Gasteiger partial charge in [0.05, 0.1) is 18.5 Å². The molecular formula is C23H23ClN2O3S. The standard InChI is InChI=1S/C23H23ClN2O3S/c1-17-3-5-19(6-4-17)16-26(30(2,28)29)22-13-9-20(10-14-22)23(27)25-15-18-7-11-21(24)12-8-18/h3-14H,15-16H2,1-2H3,(H,25,27). The maximum absolute atomic E-state index is 12.4. The minimum Gasteiger partial charge on any atom is -0.348 e. The molecule has 0 fully saturated rings. The summed E-state index contributed by atoms with van der Waals surface area (Å²) in [6.45, 7) is 2.58. The highest BCUT2D eigenvalue weighted by atomic mass is 35.5. The number of aryl methyl sites for hydroxylation is 1. The Morgan fingerprint density at radius 3 is 2.03 bits per heavy atom. The number of nitrogens with zero attached hydrogens (tertiary/aromatic N) is 1. The van der Waals surface area contributed by atoms with Gasteiger partial charge in [0.1, 0.15) is 0 Å². The fraction of sp³-hybridized carbons (Fsp3) is 0.174. The summed E-state index contributed by atoms with van der Waals surface area (Å²) < 4.78 is 26.0. The SMILES string of the molecule is Cc1ccc(CN(c2ccc(C(=O)NCc3ccc(Cl)cc3)cc2)S(C)(=O)=O)cc1. The van der Waals surface area contributed by atoms with Crippen LogP contribution in [0.15, 0.2) is 72.8 Å². The smallest absolute Gasteiger partial charge is 0.251 e. The van der Waals surface area contributed by atoms with E-state index in [1.54, 1.807) is 36.4 Å². The van der Waals surface area contributed by atoms with E-state index in [-0.39, 0.29) is 12.5 Å². The lowest BCUT2D eigenvalue weighted by molar-refractivity contribution is 0.0951. The molecule has 7 heteroatoms. The van der Waals surface area contributed by atoms with Crippen LogP contribution < -0.4 is 9.62 Å². The lowest BCUT2D eigenvalue weighted by Gasteiger charge is -2.23. The topological polar surface area (TPSA) is 66.5 Å². The number of benzene rings is 3. The second-order valence-electron chi connectivity index (χ2n) is 7.11. The first-order chi connectivity index (χ1) is 14.2. The quantitative estimate of drug-likeness (QED) is 0.584. The van der Waals surface area contributed by atoms with Crippen LogP contribution in [0.25, 0.3) is 0 Å². The summed E-state index contributed by atoms with van der Waals surface area (Å²) in [4.78, 5) is 12.4. The van der Waals surface area contributed by atoms with Crippen molar-refractivity contribution in [3.05, 3.63) is 100 Å². The summed E-state index contributed by atoms with van der Waals surface area (Å²) in [6.07, 6.45) is 1.17. The van der Waals surface area contributed by atoms with Gasteiger partial charge in [0.2, 0.25) is 10.0 Å². The molecule has 156 valence electrons. The van der Waals surface area contributed by atoms with Gasteiger partial charge in [-0.25, -0.2) is 8.42 Å². The van der Waals surface area contributed by atoms with Gasteiger partial charge >= 0.3 is 0 Å². The Bertz CT molecular complexity index is 1110. The fourth-order valence-corrected chi connectivity index (χ4v) is 3.94. The van der Waals surface area contributed by atoms with Gasteiger partial charge in [-0.2, -0.15) is 0 Å². The number of amides is 1. The number of carbonyl (C=O) groups is 1. The zero-order chi connectivity index (χ0) is 21.7. The van der Waals surface area contributed by atoms with Crippen molar-refractivity contribution >= 4 is 33.2 Å². The van der Waals surface area contributed by atoms with E-state index in [4.69, 9.17) is 11.6 Å². The molecule has 0 unspecified atom stereocenters. The minimum absolute atomic E-state index is 0.223. The maximum atomic E-state index is 12.4. The molecule has 0 saturated carbocycles. The van der Waals surface area contributed by atoms with E-state index >= 15 is 0 Å². The number of nitrogens with one attached hydrogen (secondary N) is 1. The zero-order valence-electron chi connectivity index (χ0n) is 16.8. The molecular weight excluding hydrogens is 420 g/mol. The Morgan fingerprint density at radius 2 is 1.47 bits per heavy atom. The second-order valence-corrected chi connectivity index (χ2v) is 9.45.